The molecule has 0 saturated carbocycles. The van der Waals surface area contributed by atoms with Crippen molar-refractivity contribution in [3.8, 4) is 0 Å². The van der Waals surface area contributed by atoms with E-state index in [0.717, 1.165) is 25.0 Å². The first-order valence-corrected chi connectivity index (χ1v) is 7.78. The molecule has 0 fully saturated rings. The number of halogens is 2. The topological polar surface area (TPSA) is 68.0 Å². The van der Waals surface area contributed by atoms with Gasteiger partial charge in [0.1, 0.15) is 5.82 Å². The third kappa shape index (κ3) is 4.12. The van der Waals surface area contributed by atoms with Crippen molar-refractivity contribution >= 4 is 40.6 Å². The number of hydrogen-bond donors (Lipinski definition) is 2. The van der Waals surface area contributed by atoms with E-state index in [0.29, 0.717) is 15.7 Å². The minimum atomic E-state index is -0.365. The quantitative estimate of drug-likeness (QED) is 0.839. The summed E-state index contributed by atoms with van der Waals surface area (Å²) in [5.41, 5.74) is 7.45. The zero-order valence-corrected chi connectivity index (χ0v) is 13.7. The third-order valence-corrected chi connectivity index (χ3v) is 3.73. The van der Waals surface area contributed by atoms with Crippen molar-refractivity contribution < 1.29 is 4.79 Å². The van der Waals surface area contributed by atoms with Crippen LogP contribution >= 0.6 is 23.2 Å². The Balaban J connectivity index is 2.21. The van der Waals surface area contributed by atoms with Crippen molar-refractivity contribution in [1.29, 1.82) is 0 Å². The number of anilines is 2. The number of nitrogen functional groups attached to an aromatic ring is 1. The summed E-state index contributed by atoms with van der Waals surface area (Å²) in [4.78, 5) is 16.5. The summed E-state index contributed by atoms with van der Waals surface area (Å²) in [6.45, 7) is 2.09. The molecule has 116 valence electrons. The third-order valence-electron chi connectivity index (χ3n) is 3.17. The van der Waals surface area contributed by atoms with Crippen molar-refractivity contribution in [2.24, 2.45) is 0 Å². The molecule has 0 radical (unpaired) electrons. The molecule has 1 aromatic carbocycles. The number of rotatable bonds is 5. The van der Waals surface area contributed by atoms with Crippen LogP contribution in [0.1, 0.15) is 35.8 Å². The number of aryl methyl sites for hydroxylation is 1. The maximum absolute atomic E-state index is 12.3. The number of hydrogen-bond acceptors (Lipinski definition) is 3. The Labute approximate surface area is 139 Å². The largest absolute Gasteiger partial charge is 0.383 e. The van der Waals surface area contributed by atoms with Gasteiger partial charge in [-0.2, -0.15) is 0 Å². The van der Waals surface area contributed by atoms with Crippen molar-refractivity contribution in [1.82, 2.24) is 4.98 Å². The molecule has 2 aromatic rings. The summed E-state index contributed by atoms with van der Waals surface area (Å²) in [7, 11) is 0. The van der Waals surface area contributed by atoms with Gasteiger partial charge in [0.05, 0.1) is 16.3 Å². The smallest absolute Gasteiger partial charge is 0.259 e. The minimum absolute atomic E-state index is 0.176. The average Bonchev–Trinajstić information content (AvgIpc) is 2.47. The second-order valence-corrected chi connectivity index (χ2v) is 5.76. The molecule has 0 spiro atoms. The van der Waals surface area contributed by atoms with E-state index in [-0.39, 0.29) is 17.3 Å². The Hall–Kier alpha value is -1.78. The SMILES string of the molecule is CCCCc1nc(N)c(C(=O)Nc2cccc(Cl)c2)cc1Cl. The monoisotopic (exact) mass is 337 g/mol. The van der Waals surface area contributed by atoms with Gasteiger partial charge >= 0.3 is 0 Å². The van der Waals surface area contributed by atoms with Gasteiger partial charge in [0.2, 0.25) is 0 Å². The van der Waals surface area contributed by atoms with E-state index in [2.05, 4.69) is 17.2 Å². The van der Waals surface area contributed by atoms with E-state index in [1.807, 2.05) is 0 Å². The summed E-state index contributed by atoms with van der Waals surface area (Å²) in [5, 5.41) is 3.72. The first-order chi connectivity index (χ1) is 10.5. The number of benzene rings is 1. The second kappa shape index (κ2) is 7.47. The Kier molecular flexibility index (Phi) is 5.63. The van der Waals surface area contributed by atoms with Gasteiger partial charge in [0.25, 0.3) is 5.91 Å². The van der Waals surface area contributed by atoms with Gasteiger partial charge < -0.3 is 11.1 Å². The number of carbonyl (C=O) groups excluding carboxylic acids is 1. The first kappa shape index (κ1) is 16.6. The molecule has 0 aliphatic carbocycles. The number of pyridine rings is 1. The lowest BCUT2D eigenvalue weighted by Gasteiger charge is -2.10. The van der Waals surface area contributed by atoms with Gasteiger partial charge in [0, 0.05) is 10.7 Å². The van der Waals surface area contributed by atoms with Gasteiger partial charge in [0.15, 0.2) is 0 Å². The lowest BCUT2D eigenvalue weighted by Crippen LogP contribution is -2.15. The molecule has 6 heteroatoms. The van der Waals surface area contributed by atoms with Crippen LogP contribution in [0.2, 0.25) is 10.0 Å². The van der Waals surface area contributed by atoms with Gasteiger partial charge in [-0.15, -0.1) is 0 Å². The van der Waals surface area contributed by atoms with E-state index in [1.54, 1.807) is 30.3 Å². The van der Waals surface area contributed by atoms with Crippen LogP contribution in [0.3, 0.4) is 0 Å². The fraction of sp³-hybridized carbons (Fsp3) is 0.250. The van der Waals surface area contributed by atoms with Gasteiger partial charge in [-0.25, -0.2) is 4.98 Å². The highest BCUT2D eigenvalue weighted by Gasteiger charge is 2.15. The van der Waals surface area contributed by atoms with Crippen molar-refractivity contribution in [3.63, 3.8) is 0 Å². The zero-order valence-electron chi connectivity index (χ0n) is 12.2. The summed E-state index contributed by atoms with van der Waals surface area (Å²) in [5.74, 6) is -0.189. The normalized spacial score (nSPS) is 10.5. The van der Waals surface area contributed by atoms with E-state index < -0.39 is 0 Å². The molecule has 22 heavy (non-hydrogen) atoms. The van der Waals surface area contributed by atoms with Crippen molar-refractivity contribution in [2.75, 3.05) is 11.1 Å². The van der Waals surface area contributed by atoms with E-state index in [9.17, 15) is 4.79 Å². The molecular formula is C16H17Cl2N3O. The predicted octanol–water partition coefficient (Wildman–Crippen LogP) is 4.57. The fourth-order valence-corrected chi connectivity index (χ4v) is 2.45. The Bertz CT molecular complexity index is 689. The van der Waals surface area contributed by atoms with Crippen LogP contribution in [0.5, 0.6) is 0 Å². The van der Waals surface area contributed by atoms with Crippen LogP contribution in [-0.2, 0) is 6.42 Å². The lowest BCUT2D eigenvalue weighted by molar-refractivity contribution is 0.102. The van der Waals surface area contributed by atoms with E-state index in [1.165, 1.54) is 0 Å². The summed E-state index contributed by atoms with van der Waals surface area (Å²) in [6.07, 6.45) is 2.75. The lowest BCUT2D eigenvalue weighted by atomic mass is 10.1. The standard InChI is InChI=1S/C16H17Cl2N3O/c1-2-3-7-14-13(18)9-12(15(19)21-14)16(22)20-11-6-4-5-10(17)8-11/h4-6,8-9H,2-3,7H2,1H3,(H2,19,21)(H,20,22). The zero-order chi connectivity index (χ0) is 16.1. The number of unbranched alkanes of at least 4 members (excludes halogenated alkanes) is 1. The molecule has 0 bridgehead atoms. The maximum atomic E-state index is 12.3. The molecule has 0 aliphatic rings. The molecule has 0 saturated heterocycles. The molecule has 3 N–H and O–H groups in total. The van der Waals surface area contributed by atoms with Crippen LogP contribution < -0.4 is 11.1 Å². The fourth-order valence-electron chi connectivity index (χ4n) is 2.01. The molecular weight excluding hydrogens is 321 g/mol. The van der Waals surface area contributed by atoms with E-state index in [4.69, 9.17) is 28.9 Å². The second-order valence-electron chi connectivity index (χ2n) is 4.92. The van der Waals surface area contributed by atoms with Gasteiger partial charge in [-0.1, -0.05) is 42.6 Å². The molecule has 2 rings (SSSR count). The highest BCUT2D eigenvalue weighted by Crippen LogP contribution is 2.23. The number of amides is 1. The summed E-state index contributed by atoms with van der Waals surface area (Å²) < 4.78 is 0. The van der Waals surface area contributed by atoms with Crippen LogP contribution in [0.4, 0.5) is 11.5 Å². The Morgan fingerprint density at radius 3 is 2.77 bits per heavy atom. The highest BCUT2D eigenvalue weighted by molar-refractivity contribution is 6.32. The average molecular weight is 338 g/mol. The number of carbonyl (C=O) groups is 1. The first-order valence-electron chi connectivity index (χ1n) is 7.03. The number of aromatic nitrogens is 1. The number of nitrogens with zero attached hydrogens (tertiary/aromatic N) is 1. The molecule has 1 heterocycles. The number of nitrogens with two attached hydrogens (primary N) is 1. The number of nitrogens with one attached hydrogen (secondary N) is 1. The molecule has 0 aliphatic heterocycles. The van der Waals surface area contributed by atoms with Crippen LogP contribution in [0.25, 0.3) is 0 Å². The Morgan fingerprint density at radius 1 is 1.32 bits per heavy atom. The van der Waals surface area contributed by atoms with Crippen LogP contribution in [0, 0.1) is 0 Å². The molecule has 1 amide bonds. The molecule has 1 aromatic heterocycles. The minimum Gasteiger partial charge on any atom is -0.383 e. The van der Waals surface area contributed by atoms with Gasteiger partial charge in [-0.05, 0) is 37.1 Å². The Morgan fingerprint density at radius 2 is 2.09 bits per heavy atom. The highest BCUT2D eigenvalue weighted by atomic mass is 35.5. The van der Waals surface area contributed by atoms with E-state index >= 15 is 0 Å². The molecule has 0 atom stereocenters. The van der Waals surface area contributed by atoms with Crippen LogP contribution in [-0.4, -0.2) is 10.9 Å². The van der Waals surface area contributed by atoms with Crippen molar-refractivity contribution in [2.45, 2.75) is 26.2 Å². The van der Waals surface area contributed by atoms with Crippen LogP contribution in [0.15, 0.2) is 30.3 Å². The predicted molar refractivity (Wildman–Crippen MR) is 91.7 cm³/mol. The molecule has 4 nitrogen and oxygen atoms in total. The maximum Gasteiger partial charge on any atom is 0.259 e. The van der Waals surface area contributed by atoms with Gasteiger partial charge in [-0.3, -0.25) is 4.79 Å². The molecule has 0 unspecified atom stereocenters. The summed E-state index contributed by atoms with van der Waals surface area (Å²) >= 11 is 12.1. The van der Waals surface area contributed by atoms with Crippen molar-refractivity contribution in [3.05, 3.63) is 51.6 Å². The summed E-state index contributed by atoms with van der Waals surface area (Å²) in [6, 6.07) is 8.44.